The summed E-state index contributed by atoms with van der Waals surface area (Å²) in [6.45, 7) is 0. The molecule has 0 amide bonds. The number of benzene rings is 1. The van der Waals surface area contributed by atoms with Gasteiger partial charge in [0.25, 0.3) is 0 Å². The molecule has 2 aromatic rings. The van der Waals surface area contributed by atoms with Crippen LogP contribution in [0.5, 0.6) is 0 Å². The van der Waals surface area contributed by atoms with E-state index in [0.717, 1.165) is 10.2 Å². The van der Waals surface area contributed by atoms with Gasteiger partial charge in [-0.2, -0.15) is 0 Å². The average Bonchev–Trinajstić information content (AvgIpc) is 2.33. The van der Waals surface area contributed by atoms with Gasteiger partial charge >= 0.3 is 5.97 Å². The van der Waals surface area contributed by atoms with Gasteiger partial charge in [-0.05, 0) is 46.3 Å². The predicted molar refractivity (Wildman–Crippen MR) is 73.6 cm³/mol. The van der Waals surface area contributed by atoms with E-state index >= 15 is 0 Å². The smallest absolute Gasteiger partial charge is 0.335 e. The fourth-order valence-corrected chi connectivity index (χ4v) is 2.14. The van der Waals surface area contributed by atoms with Crippen molar-refractivity contribution in [2.24, 2.45) is 0 Å². The summed E-state index contributed by atoms with van der Waals surface area (Å²) >= 11 is 9.20. The summed E-state index contributed by atoms with van der Waals surface area (Å²) < 4.78 is 0.775. The van der Waals surface area contributed by atoms with Gasteiger partial charge < -0.3 is 10.4 Å². The predicted octanol–water partition coefficient (Wildman–Crippen LogP) is 3.94. The number of carboxylic acids is 1. The third-order valence-corrected chi connectivity index (χ3v) is 3.09. The molecule has 1 aromatic heterocycles. The van der Waals surface area contributed by atoms with Crippen LogP contribution in [0.3, 0.4) is 0 Å². The molecule has 0 aliphatic rings. The lowest BCUT2D eigenvalue weighted by atomic mass is 10.2. The Kier molecular flexibility index (Phi) is 3.84. The van der Waals surface area contributed by atoms with E-state index in [-0.39, 0.29) is 5.56 Å². The molecule has 1 aromatic carbocycles. The van der Waals surface area contributed by atoms with Crippen LogP contribution in [0.15, 0.2) is 41.0 Å². The van der Waals surface area contributed by atoms with Crippen LogP contribution in [0.4, 0.5) is 11.5 Å². The molecule has 0 fully saturated rings. The lowest BCUT2D eigenvalue weighted by molar-refractivity contribution is 0.0697. The molecule has 2 rings (SSSR count). The Morgan fingerprint density at radius 3 is 2.78 bits per heavy atom. The Labute approximate surface area is 117 Å². The minimum Gasteiger partial charge on any atom is -0.478 e. The van der Waals surface area contributed by atoms with Crippen LogP contribution in [0.2, 0.25) is 5.02 Å². The molecule has 2 N–H and O–H groups in total. The highest BCUT2D eigenvalue weighted by Crippen LogP contribution is 2.28. The van der Waals surface area contributed by atoms with Crippen molar-refractivity contribution in [3.63, 3.8) is 0 Å². The second kappa shape index (κ2) is 5.37. The van der Waals surface area contributed by atoms with Crippen LogP contribution >= 0.6 is 27.5 Å². The number of nitrogens with zero attached hydrogens (tertiary/aromatic N) is 1. The Bertz CT molecular complexity index is 604. The van der Waals surface area contributed by atoms with E-state index in [2.05, 4.69) is 26.2 Å². The minimum atomic E-state index is -0.990. The Morgan fingerprint density at radius 1 is 1.33 bits per heavy atom. The maximum Gasteiger partial charge on any atom is 0.335 e. The molecule has 4 nitrogen and oxygen atoms in total. The first-order chi connectivity index (χ1) is 8.56. The minimum absolute atomic E-state index is 0.178. The maximum absolute atomic E-state index is 10.8. The molecule has 92 valence electrons. The highest BCUT2D eigenvalue weighted by atomic mass is 79.9. The molecule has 0 radical (unpaired) electrons. The number of hydrogen-bond acceptors (Lipinski definition) is 3. The van der Waals surface area contributed by atoms with Crippen LogP contribution in [-0.2, 0) is 0 Å². The number of carbonyl (C=O) groups is 1. The quantitative estimate of drug-likeness (QED) is 0.896. The zero-order chi connectivity index (χ0) is 13.1. The van der Waals surface area contributed by atoms with Gasteiger partial charge in [-0.15, -0.1) is 0 Å². The molecule has 0 aliphatic heterocycles. The van der Waals surface area contributed by atoms with Gasteiger partial charge in [0, 0.05) is 15.7 Å². The Balaban J connectivity index is 2.28. The van der Waals surface area contributed by atoms with Gasteiger partial charge in [-0.1, -0.05) is 11.6 Å². The molecular weight excluding hydrogens is 320 g/mol. The summed E-state index contributed by atoms with van der Waals surface area (Å²) in [6.07, 6.45) is 1.44. The first-order valence-electron chi connectivity index (χ1n) is 4.97. The maximum atomic E-state index is 10.8. The van der Waals surface area contributed by atoms with E-state index in [1.807, 2.05) is 0 Å². The zero-order valence-electron chi connectivity index (χ0n) is 9.02. The molecule has 1 heterocycles. The SMILES string of the molecule is O=C(O)c1ccnc(Nc2ccc(Cl)cc2Br)c1. The van der Waals surface area contributed by atoms with Crippen LogP contribution in [0.1, 0.15) is 10.4 Å². The number of halogens is 2. The number of aromatic carboxylic acids is 1. The summed E-state index contributed by atoms with van der Waals surface area (Å²) in [6, 6.07) is 8.15. The molecule has 0 saturated heterocycles. The first kappa shape index (κ1) is 12.9. The number of anilines is 2. The van der Waals surface area contributed by atoms with Gasteiger partial charge in [-0.3, -0.25) is 0 Å². The average molecular weight is 328 g/mol. The fraction of sp³-hybridized carbons (Fsp3) is 0. The van der Waals surface area contributed by atoms with E-state index in [9.17, 15) is 4.79 Å². The molecule has 0 spiro atoms. The largest absolute Gasteiger partial charge is 0.478 e. The fourth-order valence-electron chi connectivity index (χ4n) is 1.36. The molecule has 6 heteroatoms. The normalized spacial score (nSPS) is 10.1. The number of carboxylic acid groups (broad SMARTS) is 1. The molecule has 0 saturated carbocycles. The molecule has 0 aliphatic carbocycles. The van der Waals surface area contributed by atoms with Crippen molar-refractivity contribution >= 4 is 45.0 Å². The number of nitrogens with one attached hydrogen (secondary N) is 1. The molecule has 0 bridgehead atoms. The summed E-state index contributed by atoms with van der Waals surface area (Å²) in [5, 5.41) is 12.5. The topological polar surface area (TPSA) is 62.2 Å². The van der Waals surface area contributed by atoms with Gasteiger partial charge in [0.15, 0.2) is 0 Å². The van der Waals surface area contributed by atoms with Crippen molar-refractivity contribution in [3.8, 4) is 0 Å². The summed E-state index contributed by atoms with van der Waals surface area (Å²) in [5.41, 5.74) is 0.937. The van der Waals surface area contributed by atoms with Gasteiger partial charge in [-0.25, -0.2) is 9.78 Å². The van der Waals surface area contributed by atoms with Crippen LogP contribution < -0.4 is 5.32 Å². The van der Waals surface area contributed by atoms with E-state index < -0.39 is 5.97 Å². The number of hydrogen-bond donors (Lipinski definition) is 2. The second-order valence-electron chi connectivity index (χ2n) is 3.48. The van der Waals surface area contributed by atoms with Gasteiger partial charge in [0.05, 0.1) is 11.3 Å². The number of pyridine rings is 1. The number of aromatic nitrogens is 1. The van der Waals surface area contributed by atoms with Crippen molar-refractivity contribution in [2.75, 3.05) is 5.32 Å². The Morgan fingerprint density at radius 2 is 2.11 bits per heavy atom. The van der Waals surface area contributed by atoms with Crippen LogP contribution in [0.25, 0.3) is 0 Å². The first-order valence-corrected chi connectivity index (χ1v) is 6.15. The van der Waals surface area contributed by atoms with Crippen molar-refractivity contribution < 1.29 is 9.90 Å². The van der Waals surface area contributed by atoms with Crippen LogP contribution in [0, 0.1) is 0 Å². The van der Waals surface area contributed by atoms with Crippen molar-refractivity contribution in [3.05, 3.63) is 51.6 Å². The summed E-state index contributed by atoms with van der Waals surface area (Å²) in [5.74, 6) is -0.534. The molecule has 0 atom stereocenters. The van der Waals surface area contributed by atoms with Crippen molar-refractivity contribution in [1.29, 1.82) is 0 Å². The zero-order valence-corrected chi connectivity index (χ0v) is 11.4. The lowest BCUT2D eigenvalue weighted by Gasteiger charge is -2.08. The third-order valence-electron chi connectivity index (χ3n) is 2.20. The van der Waals surface area contributed by atoms with E-state index in [4.69, 9.17) is 16.7 Å². The van der Waals surface area contributed by atoms with Crippen LogP contribution in [-0.4, -0.2) is 16.1 Å². The number of rotatable bonds is 3. The Hall–Kier alpha value is -1.59. The lowest BCUT2D eigenvalue weighted by Crippen LogP contribution is -2.00. The third kappa shape index (κ3) is 3.00. The highest BCUT2D eigenvalue weighted by molar-refractivity contribution is 9.10. The molecule has 0 unspecified atom stereocenters. The highest BCUT2D eigenvalue weighted by Gasteiger charge is 2.06. The van der Waals surface area contributed by atoms with E-state index in [0.29, 0.717) is 10.8 Å². The van der Waals surface area contributed by atoms with E-state index in [1.165, 1.54) is 18.3 Å². The molecular formula is C12H8BrClN2O2. The van der Waals surface area contributed by atoms with Crippen molar-refractivity contribution in [1.82, 2.24) is 4.98 Å². The monoisotopic (exact) mass is 326 g/mol. The van der Waals surface area contributed by atoms with Gasteiger partial charge in [0.1, 0.15) is 5.82 Å². The summed E-state index contributed by atoms with van der Waals surface area (Å²) in [4.78, 5) is 14.9. The molecule has 18 heavy (non-hydrogen) atoms. The standard InChI is InChI=1S/C12H8BrClN2O2/c13-9-6-8(14)1-2-10(9)16-11-5-7(12(17)18)3-4-15-11/h1-6H,(H,15,16)(H,17,18). The van der Waals surface area contributed by atoms with Crippen molar-refractivity contribution in [2.45, 2.75) is 0 Å². The summed E-state index contributed by atoms with van der Waals surface area (Å²) in [7, 11) is 0. The van der Waals surface area contributed by atoms with E-state index in [1.54, 1.807) is 18.2 Å². The second-order valence-corrected chi connectivity index (χ2v) is 4.77. The van der Waals surface area contributed by atoms with Gasteiger partial charge in [0.2, 0.25) is 0 Å².